The molecule has 0 bridgehead atoms. The molecule has 0 radical (unpaired) electrons. The predicted molar refractivity (Wildman–Crippen MR) is 81.3 cm³/mol. The van der Waals surface area contributed by atoms with E-state index in [0.29, 0.717) is 6.61 Å². The minimum atomic E-state index is 0.665. The number of nitrogens with zero attached hydrogens (tertiary/aromatic N) is 2. The Bertz CT molecular complexity index is 661. The number of ether oxygens (including phenoxy) is 1. The van der Waals surface area contributed by atoms with Crippen molar-refractivity contribution in [3.05, 3.63) is 30.0 Å². The van der Waals surface area contributed by atoms with Crippen LogP contribution >= 0.6 is 22.7 Å². The summed E-state index contributed by atoms with van der Waals surface area (Å²) in [7, 11) is 1.68. The minimum Gasteiger partial charge on any atom is -0.462 e. The molecule has 0 unspecified atom stereocenters. The van der Waals surface area contributed by atoms with Gasteiger partial charge in [-0.25, -0.2) is 9.97 Å². The van der Waals surface area contributed by atoms with Gasteiger partial charge in [0.2, 0.25) is 0 Å². The second-order valence-electron chi connectivity index (χ2n) is 3.96. The Morgan fingerprint density at radius 2 is 2.40 bits per heavy atom. The molecule has 0 aromatic carbocycles. The van der Waals surface area contributed by atoms with Gasteiger partial charge in [0.25, 0.3) is 0 Å². The van der Waals surface area contributed by atoms with Crippen molar-refractivity contribution in [2.45, 2.75) is 0 Å². The second kappa shape index (κ2) is 6.17. The summed E-state index contributed by atoms with van der Waals surface area (Å²) in [6.07, 6.45) is 3.48. The summed E-state index contributed by atoms with van der Waals surface area (Å²) in [4.78, 5) is 9.94. The lowest BCUT2D eigenvalue weighted by atomic mass is 10.4. The predicted octanol–water partition coefficient (Wildman–Crippen LogP) is 3.58. The Morgan fingerprint density at radius 3 is 3.20 bits per heavy atom. The van der Waals surface area contributed by atoms with E-state index in [1.165, 1.54) is 0 Å². The first-order valence-corrected chi connectivity index (χ1v) is 7.75. The van der Waals surface area contributed by atoms with Gasteiger partial charge in [-0.1, -0.05) is 0 Å². The molecule has 0 aliphatic rings. The molecule has 3 aromatic heterocycles. The summed E-state index contributed by atoms with van der Waals surface area (Å²) >= 11 is 3.15. The lowest BCUT2D eigenvalue weighted by Crippen LogP contribution is -2.06. The molecule has 0 aliphatic carbocycles. The smallest absolute Gasteiger partial charge is 0.183 e. The van der Waals surface area contributed by atoms with Crippen molar-refractivity contribution in [1.82, 2.24) is 9.97 Å². The molecule has 0 atom stereocenters. The number of anilines is 1. The summed E-state index contributed by atoms with van der Waals surface area (Å²) < 4.78 is 10.3. The van der Waals surface area contributed by atoms with Crippen LogP contribution in [-0.4, -0.2) is 30.2 Å². The minimum absolute atomic E-state index is 0.665. The van der Waals surface area contributed by atoms with E-state index in [9.17, 15) is 0 Å². The van der Waals surface area contributed by atoms with E-state index in [0.717, 1.165) is 33.0 Å². The number of nitrogens with one attached hydrogen (secondary N) is 1. The van der Waals surface area contributed by atoms with Crippen molar-refractivity contribution in [1.29, 1.82) is 0 Å². The van der Waals surface area contributed by atoms with Gasteiger partial charge in [-0.05, 0) is 12.1 Å². The molecule has 7 heteroatoms. The number of thiazole rings is 2. The lowest BCUT2D eigenvalue weighted by Gasteiger charge is -1.99. The maximum atomic E-state index is 5.34. The van der Waals surface area contributed by atoms with Gasteiger partial charge in [-0.3, -0.25) is 0 Å². The highest BCUT2D eigenvalue weighted by atomic mass is 32.1. The summed E-state index contributed by atoms with van der Waals surface area (Å²) in [5.74, 6) is 0.787. The molecule has 0 saturated heterocycles. The van der Waals surface area contributed by atoms with Crippen LogP contribution in [0.3, 0.4) is 0 Å². The first-order valence-electron chi connectivity index (χ1n) is 6.05. The van der Waals surface area contributed by atoms with Crippen LogP contribution < -0.4 is 5.32 Å². The zero-order chi connectivity index (χ0) is 13.8. The zero-order valence-electron chi connectivity index (χ0n) is 10.8. The Balaban J connectivity index is 1.73. The lowest BCUT2D eigenvalue weighted by molar-refractivity contribution is 0.211. The number of rotatable bonds is 6. The van der Waals surface area contributed by atoms with Crippen LogP contribution in [-0.2, 0) is 4.74 Å². The van der Waals surface area contributed by atoms with Crippen LogP contribution in [0.15, 0.2) is 34.4 Å². The molecule has 104 valence electrons. The highest BCUT2D eigenvalue weighted by Gasteiger charge is 2.11. The average Bonchev–Trinajstić information content (AvgIpc) is 3.19. The first-order chi connectivity index (χ1) is 9.86. The van der Waals surface area contributed by atoms with Crippen LogP contribution in [0.5, 0.6) is 0 Å². The normalized spacial score (nSPS) is 10.8. The van der Waals surface area contributed by atoms with Crippen LogP contribution in [0, 0.1) is 0 Å². The number of methoxy groups -OCH3 is 1. The molecule has 3 heterocycles. The van der Waals surface area contributed by atoms with Gasteiger partial charge in [0.05, 0.1) is 23.4 Å². The monoisotopic (exact) mass is 307 g/mol. The maximum absolute atomic E-state index is 5.34. The standard InChI is InChI=1S/C13H13N3O2S2/c1-17-6-4-14-13-16-9(8-19-13)11-7-15-12(20-11)10-3-2-5-18-10/h2-3,5,7-8H,4,6H2,1H3,(H,14,16). The number of furan rings is 1. The van der Waals surface area contributed by atoms with E-state index in [1.54, 1.807) is 36.0 Å². The molecule has 3 aromatic rings. The summed E-state index contributed by atoms with van der Waals surface area (Å²) in [5.41, 5.74) is 0.935. The summed E-state index contributed by atoms with van der Waals surface area (Å²) in [6.45, 7) is 1.42. The third-order valence-electron chi connectivity index (χ3n) is 2.58. The summed E-state index contributed by atoms with van der Waals surface area (Å²) in [5, 5.41) is 7.00. The average molecular weight is 307 g/mol. The molecule has 5 nitrogen and oxygen atoms in total. The van der Waals surface area contributed by atoms with Gasteiger partial charge in [0.1, 0.15) is 0 Å². The fraction of sp³-hybridized carbons (Fsp3) is 0.231. The van der Waals surface area contributed by atoms with Crippen molar-refractivity contribution in [2.24, 2.45) is 0 Å². The van der Waals surface area contributed by atoms with Gasteiger partial charge in [-0.15, -0.1) is 22.7 Å². The fourth-order valence-corrected chi connectivity index (χ4v) is 3.29. The molecule has 0 fully saturated rings. The molecular weight excluding hydrogens is 294 g/mol. The Labute approximate surface area is 124 Å². The van der Waals surface area contributed by atoms with Gasteiger partial charge in [0.15, 0.2) is 15.9 Å². The zero-order valence-corrected chi connectivity index (χ0v) is 12.5. The SMILES string of the molecule is COCCNc1nc(-c2cnc(-c3ccco3)s2)cs1. The van der Waals surface area contributed by atoms with E-state index < -0.39 is 0 Å². The van der Waals surface area contributed by atoms with Crippen molar-refractivity contribution >= 4 is 27.8 Å². The second-order valence-corrected chi connectivity index (χ2v) is 5.85. The van der Waals surface area contributed by atoms with E-state index in [1.807, 2.05) is 23.7 Å². The quantitative estimate of drug-likeness (QED) is 0.705. The summed E-state index contributed by atoms with van der Waals surface area (Å²) in [6, 6.07) is 3.76. The molecule has 3 rings (SSSR count). The highest BCUT2D eigenvalue weighted by Crippen LogP contribution is 2.33. The first kappa shape index (κ1) is 13.3. The van der Waals surface area contributed by atoms with Gasteiger partial charge in [0, 0.05) is 25.2 Å². The van der Waals surface area contributed by atoms with Gasteiger partial charge in [-0.2, -0.15) is 0 Å². The molecule has 0 saturated carbocycles. The van der Waals surface area contributed by atoms with Gasteiger partial charge < -0.3 is 14.5 Å². The van der Waals surface area contributed by atoms with Crippen molar-refractivity contribution in [2.75, 3.05) is 25.6 Å². The maximum Gasteiger partial charge on any atom is 0.183 e. The van der Waals surface area contributed by atoms with Crippen LogP contribution in [0.4, 0.5) is 5.13 Å². The highest BCUT2D eigenvalue weighted by molar-refractivity contribution is 7.19. The number of hydrogen-bond acceptors (Lipinski definition) is 7. The van der Waals surface area contributed by atoms with Crippen LogP contribution in [0.2, 0.25) is 0 Å². The van der Waals surface area contributed by atoms with Gasteiger partial charge >= 0.3 is 0 Å². The van der Waals surface area contributed by atoms with Crippen LogP contribution in [0.25, 0.3) is 21.3 Å². The Morgan fingerprint density at radius 1 is 1.45 bits per heavy atom. The third kappa shape index (κ3) is 2.90. The number of aromatic nitrogens is 2. The van der Waals surface area contributed by atoms with E-state index in [-0.39, 0.29) is 0 Å². The third-order valence-corrected chi connectivity index (χ3v) is 4.41. The van der Waals surface area contributed by atoms with Crippen molar-refractivity contribution in [3.63, 3.8) is 0 Å². The molecule has 1 N–H and O–H groups in total. The van der Waals surface area contributed by atoms with Crippen LogP contribution in [0.1, 0.15) is 0 Å². The van der Waals surface area contributed by atoms with E-state index in [4.69, 9.17) is 9.15 Å². The van der Waals surface area contributed by atoms with Crippen molar-refractivity contribution < 1.29 is 9.15 Å². The molecular formula is C13H13N3O2S2. The van der Waals surface area contributed by atoms with E-state index in [2.05, 4.69) is 15.3 Å². The Hall–Kier alpha value is -1.70. The molecule has 0 aliphatic heterocycles. The van der Waals surface area contributed by atoms with Crippen molar-refractivity contribution in [3.8, 4) is 21.3 Å². The molecule has 0 spiro atoms. The molecule has 0 amide bonds. The largest absolute Gasteiger partial charge is 0.462 e. The number of hydrogen-bond donors (Lipinski definition) is 1. The fourth-order valence-electron chi connectivity index (χ4n) is 1.63. The Kier molecular flexibility index (Phi) is 4.10. The van der Waals surface area contributed by atoms with E-state index >= 15 is 0 Å². The molecule has 20 heavy (non-hydrogen) atoms. The topological polar surface area (TPSA) is 60.2 Å².